The summed E-state index contributed by atoms with van der Waals surface area (Å²) in [6.07, 6.45) is 21.6. The van der Waals surface area contributed by atoms with E-state index < -0.39 is 0 Å². The molecule has 30 heavy (non-hydrogen) atoms. The smallest absolute Gasteiger partial charge is 0.311 e. The van der Waals surface area contributed by atoms with Gasteiger partial charge >= 0.3 is 5.97 Å². The largest absolute Gasteiger partial charge is 0.427 e. The van der Waals surface area contributed by atoms with Crippen LogP contribution in [0.2, 0.25) is 0 Å². The quantitative estimate of drug-likeness (QED) is 0.120. The molecule has 0 aliphatic carbocycles. The summed E-state index contributed by atoms with van der Waals surface area (Å²) in [7, 11) is 0. The normalized spacial score (nSPS) is 11.4. The van der Waals surface area contributed by atoms with Crippen molar-refractivity contribution in [1.82, 2.24) is 0 Å². The molecule has 0 aliphatic rings. The van der Waals surface area contributed by atoms with E-state index >= 15 is 0 Å². The maximum absolute atomic E-state index is 12.1. The highest BCUT2D eigenvalue weighted by atomic mass is 16.5. The maximum Gasteiger partial charge on any atom is 0.311 e. The number of hydrogen-bond donors (Lipinski definition) is 0. The highest BCUT2D eigenvalue weighted by Gasteiger charge is 2.05. The van der Waals surface area contributed by atoms with E-state index in [-0.39, 0.29) is 5.97 Å². The molecule has 0 N–H and O–H groups in total. The fourth-order valence-corrected chi connectivity index (χ4v) is 3.75. The lowest BCUT2D eigenvalue weighted by Gasteiger charge is -2.06. The van der Waals surface area contributed by atoms with E-state index in [1.165, 1.54) is 70.6 Å². The second-order valence-electron chi connectivity index (χ2n) is 8.32. The molecule has 0 unspecified atom stereocenters. The van der Waals surface area contributed by atoms with Crippen LogP contribution in [-0.4, -0.2) is 5.97 Å². The number of hydrogen-bond acceptors (Lipinski definition) is 2. The van der Waals surface area contributed by atoms with Gasteiger partial charge in [-0.15, -0.1) is 0 Å². The summed E-state index contributed by atoms with van der Waals surface area (Å²) in [6.45, 7) is 2.27. The van der Waals surface area contributed by atoms with Crippen molar-refractivity contribution in [2.45, 2.75) is 96.8 Å². The Kier molecular flexibility index (Phi) is 12.7. The monoisotopic (exact) mass is 408 g/mol. The molecule has 0 aliphatic heterocycles. The molecule has 164 valence electrons. The second kappa shape index (κ2) is 15.7. The van der Waals surface area contributed by atoms with Crippen LogP contribution in [0.25, 0.3) is 10.8 Å². The first-order valence-corrected chi connectivity index (χ1v) is 12.1. The van der Waals surface area contributed by atoms with Gasteiger partial charge in [0, 0.05) is 6.42 Å². The number of rotatable bonds is 16. The van der Waals surface area contributed by atoms with Crippen LogP contribution in [0.5, 0.6) is 5.75 Å². The lowest BCUT2D eigenvalue weighted by Crippen LogP contribution is -2.07. The lowest BCUT2D eigenvalue weighted by atomic mass is 10.1. The Morgan fingerprint density at radius 3 is 2.03 bits per heavy atom. The van der Waals surface area contributed by atoms with E-state index in [0.717, 1.165) is 23.6 Å². The van der Waals surface area contributed by atoms with Gasteiger partial charge < -0.3 is 4.74 Å². The molecule has 2 heteroatoms. The molecule has 2 aromatic carbocycles. The van der Waals surface area contributed by atoms with Crippen molar-refractivity contribution in [3.05, 3.63) is 54.6 Å². The topological polar surface area (TPSA) is 26.3 Å². The molecular weight excluding hydrogens is 368 g/mol. The van der Waals surface area contributed by atoms with Gasteiger partial charge in [0.05, 0.1) is 0 Å². The van der Waals surface area contributed by atoms with Crippen LogP contribution >= 0.6 is 0 Å². The fraction of sp³-hybridized carbons (Fsp3) is 0.536. The molecule has 0 amide bonds. The summed E-state index contributed by atoms with van der Waals surface area (Å²) in [5.41, 5.74) is 0. The first kappa shape index (κ1) is 24.2. The van der Waals surface area contributed by atoms with Crippen molar-refractivity contribution in [3.63, 3.8) is 0 Å². The van der Waals surface area contributed by atoms with E-state index in [4.69, 9.17) is 4.74 Å². The minimum absolute atomic E-state index is 0.122. The Hall–Kier alpha value is -2.09. The van der Waals surface area contributed by atoms with Crippen molar-refractivity contribution in [3.8, 4) is 5.75 Å². The molecule has 2 nitrogen and oxygen atoms in total. The van der Waals surface area contributed by atoms with Crippen molar-refractivity contribution in [2.24, 2.45) is 0 Å². The Morgan fingerprint density at radius 1 is 0.733 bits per heavy atom. The summed E-state index contributed by atoms with van der Waals surface area (Å²) in [5, 5.41) is 2.26. The van der Waals surface area contributed by atoms with Crippen LogP contribution in [0.3, 0.4) is 0 Å². The molecule has 0 radical (unpaired) electrons. The summed E-state index contributed by atoms with van der Waals surface area (Å²) in [4.78, 5) is 12.1. The van der Waals surface area contributed by atoms with Gasteiger partial charge in [0.15, 0.2) is 0 Å². The highest BCUT2D eigenvalue weighted by Crippen LogP contribution is 2.21. The molecule has 2 aromatic rings. The molecule has 0 bridgehead atoms. The van der Waals surface area contributed by atoms with Crippen LogP contribution < -0.4 is 4.74 Å². The van der Waals surface area contributed by atoms with Gasteiger partial charge in [-0.3, -0.25) is 4.79 Å². The summed E-state index contributed by atoms with van der Waals surface area (Å²) in [5.74, 6) is 0.523. The zero-order chi connectivity index (χ0) is 21.3. The van der Waals surface area contributed by atoms with Gasteiger partial charge in [-0.2, -0.15) is 0 Å². The van der Waals surface area contributed by atoms with Crippen molar-refractivity contribution in [2.75, 3.05) is 0 Å². The Morgan fingerprint density at radius 2 is 1.33 bits per heavy atom. The third-order valence-electron chi connectivity index (χ3n) is 5.60. The SMILES string of the molecule is CCCCCCCC/C=C/CCCCCCCC(=O)Oc1ccc2ccccc2c1. The third-order valence-corrected chi connectivity index (χ3v) is 5.60. The zero-order valence-corrected chi connectivity index (χ0v) is 18.9. The number of esters is 1. The number of carbonyl (C=O) groups is 1. The zero-order valence-electron chi connectivity index (χ0n) is 18.9. The number of benzene rings is 2. The van der Waals surface area contributed by atoms with Crippen LogP contribution in [0.1, 0.15) is 96.8 Å². The van der Waals surface area contributed by atoms with Crippen LogP contribution in [-0.2, 0) is 4.79 Å². The molecule has 0 fully saturated rings. The molecule has 0 aromatic heterocycles. The molecule has 0 saturated carbocycles. The minimum atomic E-state index is -0.122. The van der Waals surface area contributed by atoms with Crippen molar-refractivity contribution in [1.29, 1.82) is 0 Å². The van der Waals surface area contributed by atoms with Gasteiger partial charge in [-0.25, -0.2) is 0 Å². The standard InChI is InChI=1S/C28H40O2/c1-2-3-4-5-6-7-8-9-10-11-12-13-14-15-16-21-28(29)30-27-23-22-25-19-17-18-20-26(25)24-27/h9-10,17-20,22-24H,2-8,11-16,21H2,1H3/b10-9+. The Bertz CT molecular complexity index is 747. The molecule has 2 rings (SSSR count). The highest BCUT2D eigenvalue weighted by molar-refractivity contribution is 5.84. The van der Waals surface area contributed by atoms with E-state index in [0.29, 0.717) is 12.2 Å². The lowest BCUT2D eigenvalue weighted by molar-refractivity contribution is -0.134. The molecular formula is C28H40O2. The maximum atomic E-state index is 12.1. The fourth-order valence-electron chi connectivity index (χ4n) is 3.75. The van der Waals surface area contributed by atoms with Gasteiger partial charge in [-0.05, 0) is 55.0 Å². The predicted molar refractivity (Wildman–Crippen MR) is 129 cm³/mol. The number of fused-ring (bicyclic) bond motifs is 1. The first-order valence-electron chi connectivity index (χ1n) is 12.1. The molecule has 0 heterocycles. The third kappa shape index (κ3) is 10.6. The van der Waals surface area contributed by atoms with Crippen LogP contribution in [0.15, 0.2) is 54.6 Å². The summed E-state index contributed by atoms with van der Waals surface area (Å²) < 4.78 is 5.49. The van der Waals surface area contributed by atoms with Crippen molar-refractivity contribution >= 4 is 16.7 Å². The van der Waals surface area contributed by atoms with Crippen LogP contribution in [0.4, 0.5) is 0 Å². The number of unbranched alkanes of at least 4 members (excludes halogenated alkanes) is 11. The second-order valence-corrected chi connectivity index (χ2v) is 8.32. The number of allylic oxidation sites excluding steroid dienone is 2. The van der Waals surface area contributed by atoms with Gasteiger partial charge in [0.1, 0.15) is 5.75 Å². The van der Waals surface area contributed by atoms with E-state index in [1.807, 2.05) is 36.4 Å². The van der Waals surface area contributed by atoms with Gasteiger partial charge in [-0.1, -0.05) is 101 Å². The number of ether oxygens (including phenoxy) is 1. The average molecular weight is 409 g/mol. The predicted octanol–water partition coefficient (Wildman–Crippen LogP) is 8.78. The van der Waals surface area contributed by atoms with E-state index in [2.05, 4.69) is 25.1 Å². The minimum Gasteiger partial charge on any atom is -0.427 e. The summed E-state index contributed by atoms with van der Waals surface area (Å²) in [6, 6.07) is 13.9. The Labute approximate surface area is 183 Å². The summed E-state index contributed by atoms with van der Waals surface area (Å²) >= 11 is 0. The van der Waals surface area contributed by atoms with Gasteiger partial charge in [0.25, 0.3) is 0 Å². The first-order chi connectivity index (χ1) is 14.8. The van der Waals surface area contributed by atoms with E-state index in [9.17, 15) is 4.79 Å². The Balaban J connectivity index is 1.43. The molecule has 0 atom stereocenters. The average Bonchev–Trinajstić information content (AvgIpc) is 2.76. The van der Waals surface area contributed by atoms with E-state index in [1.54, 1.807) is 0 Å². The van der Waals surface area contributed by atoms with Crippen molar-refractivity contribution < 1.29 is 9.53 Å². The molecule has 0 spiro atoms. The number of carbonyl (C=O) groups excluding carboxylic acids is 1. The van der Waals surface area contributed by atoms with Gasteiger partial charge in [0.2, 0.25) is 0 Å². The van der Waals surface area contributed by atoms with Crippen LogP contribution in [0, 0.1) is 0 Å². The molecule has 0 saturated heterocycles.